The molecule has 0 aromatic heterocycles. The molecule has 0 bridgehead atoms. The Balaban J connectivity index is 2.06. The summed E-state index contributed by atoms with van der Waals surface area (Å²) in [6.07, 6.45) is 0.403. The summed E-state index contributed by atoms with van der Waals surface area (Å²) in [5.74, 6) is 1.09. The van der Waals surface area contributed by atoms with Gasteiger partial charge in [-0.2, -0.15) is 0 Å². The molecule has 2 aromatic rings. The van der Waals surface area contributed by atoms with Crippen molar-refractivity contribution in [2.75, 3.05) is 34.4 Å². The number of rotatable bonds is 9. The second kappa shape index (κ2) is 11.1. The van der Waals surface area contributed by atoms with E-state index < -0.39 is 11.6 Å². The quantitative estimate of drug-likeness (QED) is 0.493. The third-order valence-corrected chi connectivity index (χ3v) is 4.19. The van der Waals surface area contributed by atoms with Crippen LogP contribution < -0.4 is 24.8 Å². The second-order valence-electron chi connectivity index (χ2n) is 6.14. The summed E-state index contributed by atoms with van der Waals surface area (Å²) in [5.41, 5.74) is 1.32. The zero-order chi connectivity index (χ0) is 21.2. The average molecular weight is 407 g/mol. The van der Waals surface area contributed by atoms with Gasteiger partial charge in [0.2, 0.25) is 5.75 Å². The average Bonchev–Trinajstić information content (AvgIpc) is 2.72. The van der Waals surface area contributed by atoms with E-state index in [-0.39, 0.29) is 0 Å². The zero-order valence-corrected chi connectivity index (χ0v) is 17.1. The van der Waals surface area contributed by atoms with Crippen molar-refractivity contribution in [1.82, 2.24) is 10.6 Å². The minimum Gasteiger partial charge on any atom is -0.493 e. The molecule has 0 atom stereocenters. The Bertz CT molecular complexity index is 819. The van der Waals surface area contributed by atoms with Gasteiger partial charge in [-0.15, -0.1) is 0 Å². The van der Waals surface area contributed by atoms with Crippen molar-refractivity contribution in [3.63, 3.8) is 0 Å². The normalized spacial score (nSPS) is 11.2. The van der Waals surface area contributed by atoms with Crippen molar-refractivity contribution >= 4 is 5.96 Å². The molecule has 2 rings (SSSR count). The fourth-order valence-electron chi connectivity index (χ4n) is 2.78. The van der Waals surface area contributed by atoms with Crippen LogP contribution in [0.3, 0.4) is 0 Å². The molecular weight excluding hydrogens is 380 g/mol. The lowest BCUT2D eigenvalue weighted by atomic mass is 10.1. The molecule has 6 nitrogen and oxygen atoms in total. The van der Waals surface area contributed by atoms with Crippen molar-refractivity contribution in [2.24, 2.45) is 4.99 Å². The third-order valence-electron chi connectivity index (χ3n) is 4.19. The summed E-state index contributed by atoms with van der Waals surface area (Å²) in [6, 6.07) is 7.26. The Hall–Kier alpha value is -3.03. The van der Waals surface area contributed by atoms with E-state index in [0.29, 0.717) is 54.8 Å². The maximum Gasteiger partial charge on any atom is 0.203 e. The number of benzene rings is 2. The van der Waals surface area contributed by atoms with Crippen molar-refractivity contribution < 1.29 is 23.0 Å². The molecule has 0 aliphatic rings. The fraction of sp³-hybridized carbons (Fsp3) is 0.381. The van der Waals surface area contributed by atoms with E-state index in [1.54, 1.807) is 21.3 Å². The Labute approximate surface area is 169 Å². The molecule has 2 N–H and O–H groups in total. The maximum atomic E-state index is 13.7. The van der Waals surface area contributed by atoms with Crippen LogP contribution in [-0.2, 0) is 13.0 Å². The molecule has 0 unspecified atom stereocenters. The first-order chi connectivity index (χ1) is 14.0. The first-order valence-electron chi connectivity index (χ1n) is 9.27. The van der Waals surface area contributed by atoms with Crippen LogP contribution in [0.25, 0.3) is 0 Å². The third kappa shape index (κ3) is 6.23. The van der Waals surface area contributed by atoms with Gasteiger partial charge in [0.25, 0.3) is 0 Å². The van der Waals surface area contributed by atoms with Crippen LogP contribution in [0.15, 0.2) is 35.3 Å². The molecule has 29 heavy (non-hydrogen) atoms. The van der Waals surface area contributed by atoms with Crippen LogP contribution in [0.5, 0.6) is 17.2 Å². The molecule has 0 fully saturated rings. The minimum atomic E-state index is -0.584. The lowest BCUT2D eigenvalue weighted by Gasteiger charge is -2.14. The Morgan fingerprint density at radius 1 is 0.966 bits per heavy atom. The lowest BCUT2D eigenvalue weighted by molar-refractivity contribution is 0.324. The minimum absolute atomic E-state index is 0.372. The predicted molar refractivity (Wildman–Crippen MR) is 109 cm³/mol. The molecule has 0 amide bonds. The Morgan fingerprint density at radius 2 is 1.66 bits per heavy atom. The van der Waals surface area contributed by atoms with Crippen molar-refractivity contribution in [2.45, 2.75) is 19.9 Å². The van der Waals surface area contributed by atoms with E-state index in [1.165, 1.54) is 12.1 Å². The smallest absolute Gasteiger partial charge is 0.203 e. The van der Waals surface area contributed by atoms with E-state index in [1.807, 2.05) is 19.1 Å². The standard InChI is InChI=1S/C21H27F2N3O3/c1-5-24-21(25-9-8-15-6-7-16(22)12-17(15)23)26-13-14-10-18(27-2)20(29-4)19(11-14)28-3/h6-7,10-12H,5,8-9,13H2,1-4H3,(H2,24,25,26). The Kier molecular flexibility index (Phi) is 8.51. The number of guanidine groups is 1. The van der Waals surface area contributed by atoms with E-state index in [2.05, 4.69) is 15.6 Å². The highest BCUT2D eigenvalue weighted by atomic mass is 19.1. The number of methoxy groups -OCH3 is 3. The van der Waals surface area contributed by atoms with Crippen molar-refractivity contribution in [3.05, 3.63) is 53.1 Å². The van der Waals surface area contributed by atoms with Gasteiger partial charge >= 0.3 is 0 Å². The highest BCUT2D eigenvalue weighted by Gasteiger charge is 2.13. The van der Waals surface area contributed by atoms with Crippen LogP contribution in [-0.4, -0.2) is 40.4 Å². The zero-order valence-electron chi connectivity index (χ0n) is 17.1. The maximum absolute atomic E-state index is 13.7. The first-order valence-corrected chi connectivity index (χ1v) is 9.27. The second-order valence-corrected chi connectivity index (χ2v) is 6.14. The number of hydrogen-bond donors (Lipinski definition) is 2. The summed E-state index contributed by atoms with van der Waals surface area (Å²) < 4.78 is 42.8. The topological polar surface area (TPSA) is 64.1 Å². The summed E-state index contributed by atoms with van der Waals surface area (Å²) in [6.45, 7) is 3.45. The molecule has 0 saturated carbocycles. The summed E-state index contributed by atoms with van der Waals surface area (Å²) >= 11 is 0. The van der Waals surface area contributed by atoms with Crippen molar-refractivity contribution in [3.8, 4) is 17.2 Å². The molecule has 8 heteroatoms. The van der Waals surface area contributed by atoms with Gasteiger partial charge in [0.05, 0.1) is 27.9 Å². The summed E-state index contributed by atoms with van der Waals surface area (Å²) in [4.78, 5) is 4.55. The summed E-state index contributed by atoms with van der Waals surface area (Å²) in [5, 5.41) is 6.29. The van der Waals surface area contributed by atoms with Crippen LogP contribution in [0, 0.1) is 11.6 Å². The monoisotopic (exact) mass is 407 g/mol. The predicted octanol–water partition coefficient (Wildman–Crippen LogP) is 3.29. The largest absolute Gasteiger partial charge is 0.493 e. The molecule has 158 valence electrons. The van der Waals surface area contributed by atoms with Crippen molar-refractivity contribution in [1.29, 1.82) is 0 Å². The summed E-state index contributed by atoms with van der Waals surface area (Å²) in [7, 11) is 4.67. The molecule has 0 aliphatic carbocycles. The number of ether oxygens (including phenoxy) is 3. The molecule has 2 aromatic carbocycles. The molecule has 0 saturated heterocycles. The van der Waals surface area contributed by atoms with E-state index >= 15 is 0 Å². The molecular formula is C21H27F2N3O3. The van der Waals surface area contributed by atoms with Gasteiger partial charge in [-0.3, -0.25) is 0 Å². The fourth-order valence-corrected chi connectivity index (χ4v) is 2.78. The molecule has 0 radical (unpaired) electrons. The van der Waals surface area contributed by atoms with Crippen LogP contribution in [0.4, 0.5) is 8.78 Å². The Morgan fingerprint density at radius 3 is 2.21 bits per heavy atom. The highest BCUT2D eigenvalue weighted by molar-refractivity contribution is 5.79. The van der Waals surface area contributed by atoms with E-state index in [0.717, 1.165) is 11.6 Å². The molecule has 0 aliphatic heterocycles. The van der Waals surface area contributed by atoms with Crippen LogP contribution in [0.1, 0.15) is 18.1 Å². The van der Waals surface area contributed by atoms with Gasteiger partial charge in [0, 0.05) is 19.2 Å². The number of nitrogens with one attached hydrogen (secondary N) is 2. The molecule has 0 spiro atoms. The SMILES string of the molecule is CCNC(=NCc1cc(OC)c(OC)c(OC)c1)NCCc1ccc(F)cc1F. The number of hydrogen-bond acceptors (Lipinski definition) is 4. The van der Waals surface area contributed by atoms with E-state index in [4.69, 9.17) is 14.2 Å². The number of halogens is 2. The van der Waals surface area contributed by atoms with Gasteiger partial charge in [0.1, 0.15) is 11.6 Å². The van der Waals surface area contributed by atoms with E-state index in [9.17, 15) is 8.78 Å². The van der Waals surface area contributed by atoms with Gasteiger partial charge in [0.15, 0.2) is 17.5 Å². The van der Waals surface area contributed by atoms with Crippen LogP contribution in [0.2, 0.25) is 0 Å². The van der Waals surface area contributed by atoms with Gasteiger partial charge in [-0.05, 0) is 42.7 Å². The lowest BCUT2D eigenvalue weighted by Crippen LogP contribution is -2.38. The first kappa shape index (κ1) is 22.3. The van der Waals surface area contributed by atoms with Gasteiger partial charge < -0.3 is 24.8 Å². The highest BCUT2D eigenvalue weighted by Crippen LogP contribution is 2.38. The van der Waals surface area contributed by atoms with Crippen LogP contribution >= 0.6 is 0 Å². The number of aliphatic imine (C=N–C) groups is 1. The van der Waals surface area contributed by atoms with Gasteiger partial charge in [-0.25, -0.2) is 13.8 Å². The number of nitrogens with zero attached hydrogens (tertiary/aromatic N) is 1. The molecule has 0 heterocycles. The van der Waals surface area contributed by atoms with Gasteiger partial charge in [-0.1, -0.05) is 6.07 Å².